The number of carbonyl (C=O) groups excluding carboxylic acids is 1. The van der Waals surface area contributed by atoms with Crippen LogP contribution in [-0.4, -0.2) is 43.7 Å². The number of ether oxygens (including phenoxy) is 1. The molecule has 0 aliphatic carbocycles. The second-order valence-corrected chi connectivity index (χ2v) is 6.35. The van der Waals surface area contributed by atoms with E-state index in [0.29, 0.717) is 25.4 Å². The normalized spacial score (nSPS) is 14.2. The first kappa shape index (κ1) is 18.1. The molecule has 0 unspecified atom stereocenters. The Kier molecular flexibility index (Phi) is 6.00. The van der Waals surface area contributed by atoms with Crippen molar-refractivity contribution in [1.82, 2.24) is 4.90 Å². The average Bonchev–Trinajstić information content (AvgIpc) is 2.70. The van der Waals surface area contributed by atoms with Crippen LogP contribution in [0.5, 0.6) is 5.75 Å². The van der Waals surface area contributed by atoms with Crippen molar-refractivity contribution in [2.75, 3.05) is 43.0 Å². The highest BCUT2D eigenvalue weighted by atomic mass is 16.5. The number of nitrogens with one attached hydrogen (secondary N) is 1. The molecule has 0 spiro atoms. The molecule has 1 fully saturated rings. The molecule has 1 N–H and O–H groups in total. The molecule has 138 valence electrons. The fourth-order valence-electron chi connectivity index (χ4n) is 3.16. The lowest BCUT2D eigenvalue weighted by atomic mass is 10.1. The molecular formula is C21H27N3O2. The zero-order valence-electron chi connectivity index (χ0n) is 15.6. The third kappa shape index (κ3) is 4.28. The molecule has 0 aromatic heterocycles. The maximum atomic E-state index is 12.6. The van der Waals surface area contributed by atoms with E-state index in [1.54, 1.807) is 0 Å². The average molecular weight is 353 g/mol. The van der Waals surface area contributed by atoms with E-state index in [-0.39, 0.29) is 6.03 Å². The van der Waals surface area contributed by atoms with Gasteiger partial charge >= 0.3 is 6.03 Å². The van der Waals surface area contributed by atoms with E-state index >= 15 is 0 Å². The topological polar surface area (TPSA) is 44.8 Å². The van der Waals surface area contributed by atoms with Gasteiger partial charge in [0.1, 0.15) is 5.75 Å². The predicted octanol–water partition coefficient (Wildman–Crippen LogP) is 4.00. The van der Waals surface area contributed by atoms with Gasteiger partial charge in [0.25, 0.3) is 0 Å². The van der Waals surface area contributed by atoms with E-state index in [9.17, 15) is 4.79 Å². The molecule has 0 saturated carbocycles. The minimum atomic E-state index is -0.0712. The van der Waals surface area contributed by atoms with Crippen LogP contribution >= 0.6 is 0 Å². The van der Waals surface area contributed by atoms with E-state index in [0.717, 1.165) is 25.2 Å². The van der Waals surface area contributed by atoms with Gasteiger partial charge in [0.15, 0.2) is 0 Å². The second-order valence-electron chi connectivity index (χ2n) is 6.35. The number of carbonyl (C=O) groups is 1. The molecule has 1 aliphatic heterocycles. The smallest absolute Gasteiger partial charge is 0.322 e. The lowest BCUT2D eigenvalue weighted by molar-refractivity contribution is 0.208. The Morgan fingerprint density at radius 3 is 2.35 bits per heavy atom. The molecule has 0 bridgehead atoms. The van der Waals surface area contributed by atoms with Gasteiger partial charge in [-0.25, -0.2) is 4.79 Å². The van der Waals surface area contributed by atoms with E-state index in [2.05, 4.69) is 41.4 Å². The van der Waals surface area contributed by atoms with Crippen LogP contribution in [0.3, 0.4) is 0 Å². The van der Waals surface area contributed by atoms with Crippen LogP contribution in [0.25, 0.3) is 0 Å². The lowest BCUT2D eigenvalue weighted by Gasteiger charge is -2.36. The number of anilines is 2. The van der Waals surface area contributed by atoms with Crippen molar-refractivity contribution in [2.24, 2.45) is 0 Å². The van der Waals surface area contributed by atoms with Crippen LogP contribution in [-0.2, 0) is 6.42 Å². The lowest BCUT2D eigenvalue weighted by Crippen LogP contribution is -2.50. The SMILES string of the molecule is CCOc1ccccc1NC(=O)N1CCN(c2ccc(CC)cc2)CC1. The number of benzene rings is 2. The molecule has 1 aliphatic rings. The van der Waals surface area contributed by atoms with Crippen LogP contribution in [0.2, 0.25) is 0 Å². The van der Waals surface area contributed by atoms with Gasteiger partial charge in [-0.15, -0.1) is 0 Å². The molecule has 3 rings (SSSR count). The Hall–Kier alpha value is -2.69. The molecule has 2 aromatic rings. The maximum absolute atomic E-state index is 12.6. The maximum Gasteiger partial charge on any atom is 0.322 e. The summed E-state index contributed by atoms with van der Waals surface area (Å²) in [4.78, 5) is 16.8. The van der Waals surface area contributed by atoms with Crippen molar-refractivity contribution in [3.63, 3.8) is 0 Å². The minimum absolute atomic E-state index is 0.0712. The Bertz CT molecular complexity index is 722. The van der Waals surface area contributed by atoms with Gasteiger partial charge in [0.2, 0.25) is 0 Å². The van der Waals surface area contributed by atoms with Gasteiger partial charge in [-0.05, 0) is 43.2 Å². The second kappa shape index (κ2) is 8.61. The molecular weight excluding hydrogens is 326 g/mol. The zero-order valence-corrected chi connectivity index (χ0v) is 15.6. The van der Waals surface area contributed by atoms with Crippen molar-refractivity contribution < 1.29 is 9.53 Å². The van der Waals surface area contributed by atoms with Crippen molar-refractivity contribution in [3.05, 3.63) is 54.1 Å². The highest BCUT2D eigenvalue weighted by Crippen LogP contribution is 2.24. The van der Waals surface area contributed by atoms with E-state index in [4.69, 9.17) is 4.74 Å². The third-order valence-corrected chi connectivity index (χ3v) is 4.71. The Morgan fingerprint density at radius 1 is 1.00 bits per heavy atom. The Balaban J connectivity index is 1.56. The van der Waals surface area contributed by atoms with Crippen LogP contribution in [0, 0.1) is 0 Å². The molecule has 1 heterocycles. The summed E-state index contributed by atoms with van der Waals surface area (Å²) in [6, 6.07) is 16.2. The van der Waals surface area contributed by atoms with Gasteiger partial charge in [-0.2, -0.15) is 0 Å². The first-order chi connectivity index (χ1) is 12.7. The van der Waals surface area contributed by atoms with Crippen LogP contribution < -0.4 is 15.0 Å². The molecule has 2 amide bonds. The number of hydrogen-bond acceptors (Lipinski definition) is 3. The van der Waals surface area contributed by atoms with Gasteiger partial charge in [-0.1, -0.05) is 31.2 Å². The van der Waals surface area contributed by atoms with E-state index < -0.39 is 0 Å². The summed E-state index contributed by atoms with van der Waals surface area (Å²) in [5, 5.41) is 2.98. The summed E-state index contributed by atoms with van der Waals surface area (Å²) in [6.45, 7) is 7.76. The molecule has 2 aromatic carbocycles. The minimum Gasteiger partial charge on any atom is -0.492 e. The largest absolute Gasteiger partial charge is 0.492 e. The number of aryl methyl sites for hydroxylation is 1. The molecule has 0 radical (unpaired) electrons. The summed E-state index contributed by atoms with van der Waals surface area (Å²) < 4.78 is 5.58. The quantitative estimate of drug-likeness (QED) is 0.884. The number of amides is 2. The molecule has 0 atom stereocenters. The van der Waals surface area contributed by atoms with Crippen LogP contribution in [0.1, 0.15) is 19.4 Å². The van der Waals surface area contributed by atoms with E-state index in [1.165, 1.54) is 11.3 Å². The number of piperazine rings is 1. The van der Waals surface area contributed by atoms with Gasteiger partial charge in [0.05, 0.1) is 12.3 Å². The Morgan fingerprint density at radius 2 is 1.69 bits per heavy atom. The summed E-state index contributed by atoms with van der Waals surface area (Å²) >= 11 is 0. The molecule has 26 heavy (non-hydrogen) atoms. The molecule has 1 saturated heterocycles. The fourth-order valence-corrected chi connectivity index (χ4v) is 3.16. The van der Waals surface area contributed by atoms with Crippen LogP contribution in [0.15, 0.2) is 48.5 Å². The number of hydrogen-bond donors (Lipinski definition) is 1. The van der Waals surface area contributed by atoms with Gasteiger partial charge in [-0.3, -0.25) is 0 Å². The summed E-state index contributed by atoms with van der Waals surface area (Å²) in [6.07, 6.45) is 1.05. The Labute approximate surface area is 155 Å². The van der Waals surface area contributed by atoms with Gasteiger partial charge < -0.3 is 19.9 Å². The predicted molar refractivity (Wildman–Crippen MR) is 106 cm³/mol. The van der Waals surface area contributed by atoms with Gasteiger partial charge in [0, 0.05) is 31.9 Å². The fraction of sp³-hybridized carbons (Fsp3) is 0.381. The first-order valence-electron chi connectivity index (χ1n) is 9.33. The molecule has 5 heteroatoms. The van der Waals surface area contributed by atoms with Crippen molar-refractivity contribution in [2.45, 2.75) is 20.3 Å². The van der Waals surface area contributed by atoms with Crippen molar-refractivity contribution in [3.8, 4) is 5.75 Å². The number of para-hydroxylation sites is 2. The highest BCUT2D eigenvalue weighted by Gasteiger charge is 2.22. The highest BCUT2D eigenvalue weighted by molar-refractivity contribution is 5.91. The third-order valence-electron chi connectivity index (χ3n) is 4.71. The monoisotopic (exact) mass is 353 g/mol. The summed E-state index contributed by atoms with van der Waals surface area (Å²) in [5.41, 5.74) is 3.29. The van der Waals surface area contributed by atoms with Crippen LogP contribution in [0.4, 0.5) is 16.2 Å². The number of rotatable bonds is 5. The van der Waals surface area contributed by atoms with Crippen molar-refractivity contribution >= 4 is 17.4 Å². The zero-order chi connectivity index (χ0) is 18.4. The summed E-state index contributed by atoms with van der Waals surface area (Å²) in [5.74, 6) is 0.706. The number of nitrogens with zero attached hydrogens (tertiary/aromatic N) is 2. The first-order valence-corrected chi connectivity index (χ1v) is 9.33. The van der Waals surface area contributed by atoms with E-state index in [1.807, 2.05) is 36.1 Å². The van der Waals surface area contributed by atoms with Crippen molar-refractivity contribution in [1.29, 1.82) is 0 Å². The number of urea groups is 1. The summed E-state index contributed by atoms with van der Waals surface area (Å²) in [7, 11) is 0. The standard InChI is InChI=1S/C21H27N3O2/c1-3-17-9-11-18(12-10-17)23-13-15-24(16-14-23)21(25)22-19-7-5-6-8-20(19)26-4-2/h5-12H,3-4,13-16H2,1-2H3,(H,22,25). The molecule has 5 nitrogen and oxygen atoms in total.